The number of rotatable bonds is 7. The Morgan fingerprint density at radius 2 is 1.52 bits per heavy atom. The van der Waals surface area contributed by atoms with Gasteiger partial charge in [-0.2, -0.15) is 0 Å². The van der Waals surface area contributed by atoms with Crippen LogP contribution in [0.25, 0.3) is 0 Å². The number of carbonyl (C=O) groups is 4. The number of methoxy groups -OCH3 is 1. The van der Waals surface area contributed by atoms with Crippen LogP contribution in [0.1, 0.15) is 37.5 Å². The van der Waals surface area contributed by atoms with Crippen molar-refractivity contribution in [1.82, 2.24) is 4.90 Å². The molecule has 0 atom stereocenters. The number of imide groups is 1. The van der Waals surface area contributed by atoms with E-state index in [9.17, 15) is 19.2 Å². The van der Waals surface area contributed by atoms with Crippen LogP contribution in [0.3, 0.4) is 0 Å². The lowest BCUT2D eigenvalue weighted by molar-refractivity contribution is -0.142. The van der Waals surface area contributed by atoms with E-state index in [-0.39, 0.29) is 44.2 Å². The molecule has 0 saturated carbocycles. The van der Waals surface area contributed by atoms with Gasteiger partial charge in [-0.05, 0) is 12.1 Å². The largest absolute Gasteiger partial charge is 0.497 e. The first-order valence-electron chi connectivity index (χ1n) is 8.72. The first-order valence-corrected chi connectivity index (χ1v) is 10.2. The number of hydrogen-bond donors (Lipinski definition) is 0. The number of ether oxygens (including phenoxy) is 2. The topological polar surface area (TPSA) is 90.0 Å². The molecule has 1 heterocycles. The minimum absolute atomic E-state index is 0.148. The second-order valence-corrected chi connectivity index (χ2v) is 7.85. The lowest BCUT2D eigenvalue weighted by atomic mass is 10.1. The molecule has 2 aromatic rings. The zero-order chi connectivity index (χ0) is 22.9. The molecule has 11 heteroatoms. The highest BCUT2D eigenvalue weighted by Crippen LogP contribution is 2.44. The van der Waals surface area contributed by atoms with Gasteiger partial charge in [-0.1, -0.05) is 58.5 Å². The van der Waals surface area contributed by atoms with Crippen molar-refractivity contribution in [2.24, 2.45) is 0 Å². The summed E-state index contributed by atoms with van der Waals surface area (Å²) in [5.74, 6) is -2.24. The molecule has 1 aliphatic heterocycles. The molecular formula is C20H13Cl4NO6. The van der Waals surface area contributed by atoms with Crippen LogP contribution in [-0.2, 0) is 9.53 Å². The lowest BCUT2D eigenvalue weighted by Gasteiger charge is -2.13. The zero-order valence-corrected chi connectivity index (χ0v) is 18.9. The number of fused-ring (bicyclic) bond motifs is 1. The molecule has 0 spiro atoms. The third-order valence-corrected chi connectivity index (χ3v) is 6.28. The number of nitrogens with zero attached hydrogens (tertiary/aromatic N) is 1. The first kappa shape index (κ1) is 23.3. The molecule has 0 aliphatic carbocycles. The summed E-state index contributed by atoms with van der Waals surface area (Å²) < 4.78 is 9.99. The standard InChI is InChI=1S/C20H13Cl4NO6/c1-30-10-4-2-3-9(7-10)11(26)8-31-12(27)5-6-25-19(28)13-14(20(25)29)16(22)18(24)17(23)15(13)21/h2-4,7H,5-6,8H2,1H3. The smallest absolute Gasteiger partial charge is 0.308 e. The fourth-order valence-electron chi connectivity index (χ4n) is 2.90. The Balaban J connectivity index is 1.62. The average molecular weight is 505 g/mol. The van der Waals surface area contributed by atoms with E-state index in [1.54, 1.807) is 18.2 Å². The van der Waals surface area contributed by atoms with E-state index in [0.717, 1.165) is 4.90 Å². The quantitative estimate of drug-likeness (QED) is 0.178. The van der Waals surface area contributed by atoms with Gasteiger partial charge in [0.15, 0.2) is 12.4 Å². The van der Waals surface area contributed by atoms with Crippen molar-refractivity contribution in [2.75, 3.05) is 20.3 Å². The van der Waals surface area contributed by atoms with Crippen molar-refractivity contribution in [1.29, 1.82) is 0 Å². The minimum atomic E-state index is -0.777. The van der Waals surface area contributed by atoms with E-state index < -0.39 is 30.2 Å². The van der Waals surface area contributed by atoms with Crippen LogP contribution in [0.5, 0.6) is 5.75 Å². The molecule has 3 rings (SSSR count). The number of benzene rings is 2. The minimum Gasteiger partial charge on any atom is -0.497 e. The molecule has 2 amide bonds. The molecule has 0 N–H and O–H groups in total. The lowest BCUT2D eigenvalue weighted by Crippen LogP contribution is -2.32. The Hall–Kier alpha value is -2.32. The summed E-state index contributed by atoms with van der Waals surface area (Å²) in [6.45, 7) is -0.808. The third-order valence-electron chi connectivity index (χ3n) is 4.48. The molecule has 0 saturated heterocycles. The summed E-state index contributed by atoms with van der Waals surface area (Å²) in [6.07, 6.45) is -0.340. The highest BCUT2D eigenvalue weighted by molar-refractivity contribution is 6.55. The van der Waals surface area contributed by atoms with E-state index in [0.29, 0.717) is 11.3 Å². The maximum absolute atomic E-state index is 12.6. The normalized spacial score (nSPS) is 12.7. The van der Waals surface area contributed by atoms with Gasteiger partial charge in [0.25, 0.3) is 11.8 Å². The molecule has 162 valence electrons. The van der Waals surface area contributed by atoms with Crippen LogP contribution < -0.4 is 4.74 Å². The van der Waals surface area contributed by atoms with Gasteiger partial charge in [-0.3, -0.25) is 24.1 Å². The Morgan fingerprint density at radius 3 is 2.06 bits per heavy atom. The van der Waals surface area contributed by atoms with Crippen LogP contribution in [0, 0.1) is 0 Å². The molecular weight excluding hydrogens is 492 g/mol. The number of ketones is 1. The predicted octanol–water partition coefficient (Wildman–Crippen LogP) is 4.72. The molecule has 0 aromatic heterocycles. The van der Waals surface area contributed by atoms with E-state index >= 15 is 0 Å². The summed E-state index contributed by atoms with van der Waals surface area (Å²) in [7, 11) is 1.46. The Morgan fingerprint density at radius 1 is 0.935 bits per heavy atom. The third kappa shape index (κ3) is 4.50. The maximum Gasteiger partial charge on any atom is 0.308 e. The molecule has 31 heavy (non-hydrogen) atoms. The van der Waals surface area contributed by atoms with Crippen molar-refractivity contribution in [3.8, 4) is 5.75 Å². The Kier molecular flexibility index (Phi) is 7.11. The number of halogens is 4. The summed E-state index contributed by atoms with van der Waals surface area (Å²) in [5, 5.41) is -0.687. The number of esters is 1. The second-order valence-electron chi connectivity index (χ2n) is 6.33. The number of Topliss-reactive ketones (excluding diaryl/α,β-unsaturated/α-hetero) is 1. The number of carbonyl (C=O) groups excluding carboxylic acids is 4. The van der Waals surface area contributed by atoms with Gasteiger partial charge < -0.3 is 9.47 Å². The van der Waals surface area contributed by atoms with Crippen molar-refractivity contribution < 1.29 is 28.7 Å². The summed E-state index contributed by atoms with van der Waals surface area (Å²) in [4.78, 5) is 50.2. The van der Waals surface area contributed by atoms with Gasteiger partial charge >= 0.3 is 5.97 Å². The van der Waals surface area contributed by atoms with Crippen molar-refractivity contribution in [3.05, 3.63) is 61.0 Å². The van der Waals surface area contributed by atoms with Crippen molar-refractivity contribution >= 4 is 70.0 Å². The van der Waals surface area contributed by atoms with Gasteiger partial charge in [0.1, 0.15) is 5.75 Å². The summed E-state index contributed by atoms with van der Waals surface area (Å²) >= 11 is 24.0. The molecule has 0 unspecified atom stereocenters. The van der Waals surface area contributed by atoms with Crippen molar-refractivity contribution in [2.45, 2.75) is 6.42 Å². The molecule has 2 aromatic carbocycles. The Bertz CT molecular complexity index is 1070. The zero-order valence-electron chi connectivity index (χ0n) is 15.8. The van der Waals surface area contributed by atoms with Gasteiger partial charge in [0.2, 0.25) is 0 Å². The first-order chi connectivity index (χ1) is 14.7. The van der Waals surface area contributed by atoms with Crippen LogP contribution in [0.15, 0.2) is 24.3 Å². The van der Waals surface area contributed by atoms with Crippen LogP contribution in [-0.4, -0.2) is 48.7 Å². The fraction of sp³-hybridized carbons (Fsp3) is 0.200. The molecule has 0 radical (unpaired) electrons. The summed E-state index contributed by atoms with van der Waals surface area (Å²) in [5.41, 5.74) is -0.0363. The van der Waals surface area contributed by atoms with E-state index in [4.69, 9.17) is 55.9 Å². The van der Waals surface area contributed by atoms with E-state index in [1.807, 2.05) is 0 Å². The van der Waals surface area contributed by atoms with Crippen LogP contribution in [0.4, 0.5) is 0 Å². The molecule has 0 fully saturated rings. The van der Waals surface area contributed by atoms with Gasteiger partial charge in [0, 0.05) is 12.1 Å². The maximum atomic E-state index is 12.6. The van der Waals surface area contributed by atoms with E-state index in [2.05, 4.69) is 0 Å². The van der Waals surface area contributed by atoms with Gasteiger partial charge in [0.05, 0.1) is 44.7 Å². The Labute approximate surface area is 196 Å². The second kappa shape index (κ2) is 9.44. The van der Waals surface area contributed by atoms with E-state index in [1.165, 1.54) is 13.2 Å². The highest BCUT2D eigenvalue weighted by atomic mass is 35.5. The summed E-state index contributed by atoms with van der Waals surface area (Å²) in [6, 6.07) is 6.37. The van der Waals surface area contributed by atoms with Crippen LogP contribution >= 0.6 is 46.4 Å². The van der Waals surface area contributed by atoms with Crippen LogP contribution in [0.2, 0.25) is 20.1 Å². The number of amides is 2. The van der Waals surface area contributed by atoms with Gasteiger partial charge in [-0.25, -0.2) is 0 Å². The predicted molar refractivity (Wildman–Crippen MR) is 115 cm³/mol. The average Bonchev–Trinajstić information content (AvgIpc) is 3.02. The molecule has 7 nitrogen and oxygen atoms in total. The molecule has 0 bridgehead atoms. The monoisotopic (exact) mass is 503 g/mol. The van der Waals surface area contributed by atoms with Gasteiger partial charge in [-0.15, -0.1) is 0 Å². The van der Waals surface area contributed by atoms with Crippen molar-refractivity contribution in [3.63, 3.8) is 0 Å². The SMILES string of the molecule is COc1cccc(C(=O)COC(=O)CCN2C(=O)c3c(Cl)c(Cl)c(Cl)c(Cl)c3C2=O)c1. The fourth-order valence-corrected chi connectivity index (χ4v) is 3.91. The number of hydrogen-bond acceptors (Lipinski definition) is 6. The highest BCUT2D eigenvalue weighted by Gasteiger charge is 2.41. The molecule has 1 aliphatic rings.